The molecular weight excluding hydrogens is 248 g/mol. The van der Waals surface area contributed by atoms with E-state index in [0.717, 1.165) is 25.5 Å². The van der Waals surface area contributed by atoms with Gasteiger partial charge in [-0.05, 0) is 24.7 Å². The highest BCUT2D eigenvalue weighted by Crippen LogP contribution is 2.48. The molecule has 0 saturated heterocycles. The van der Waals surface area contributed by atoms with Crippen LogP contribution in [0.4, 0.5) is 11.5 Å². The second-order valence-electron chi connectivity index (χ2n) is 4.79. The smallest absolute Gasteiger partial charge is 0.289 e. The molecule has 0 bridgehead atoms. The van der Waals surface area contributed by atoms with Gasteiger partial charge in [0.25, 0.3) is 5.69 Å². The summed E-state index contributed by atoms with van der Waals surface area (Å²) in [6.45, 7) is 0.757. The first-order valence-corrected chi connectivity index (χ1v) is 5.99. The number of pyridine rings is 1. The maximum atomic E-state index is 10.6. The Morgan fingerprint density at radius 2 is 2.37 bits per heavy atom. The van der Waals surface area contributed by atoms with Crippen LogP contribution in [0.2, 0.25) is 0 Å². The molecule has 1 saturated carbocycles. The van der Waals surface area contributed by atoms with Gasteiger partial charge < -0.3 is 10.4 Å². The normalized spacial score (nSPS) is 15.6. The first kappa shape index (κ1) is 13.2. The van der Waals surface area contributed by atoms with E-state index in [2.05, 4.69) is 10.3 Å². The molecule has 0 amide bonds. The van der Waals surface area contributed by atoms with Crippen LogP contribution in [0.15, 0.2) is 12.3 Å². The third kappa shape index (κ3) is 2.98. The molecule has 0 aromatic carbocycles. The van der Waals surface area contributed by atoms with Crippen LogP contribution in [0.5, 0.6) is 0 Å². The minimum atomic E-state index is -0.578. The van der Waals surface area contributed by atoms with Gasteiger partial charge in [0.1, 0.15) is 23.6 Å². The topological polar surface area (TPSA) is 112 Å². The number of anilines is 1. The van der Waals surface area contributed by atoms with E-state index in [1.165, 1.54) is 6.07 Å². The van der Waals surface area contributed by atoms with E-state index < -0.39 is 4.92 Å². The third-order valence-corrected chi connectivity index (χ3v) is 3.43. The molecule has 1 heterocycles. The average Bonchev–Trinajstić information content (AvgIpc) is 3.16. The summed E-state index contributed by atoms with van der Waals surface area (Å²) in [4.78, 5) is 13.9. The molecule has 1 aromatic rings. The van der Waals surface area contributed by atoms with Crippen LogP contribution in [0.25, 0.3) is 0 Å². The van der Waals surface area contributed by atoms with Crippen molar-refractivity contribution in [2.45, 2.75) is 19.3 Å². The molecule has 0 radical (unpaired) electrons. The Morgan fingerprint density at radius 1 is 1.63 bits per heavy atom. The fraction of sp³-hybridized carbons (Fsp3) is 0.500. The second-order valence-corrected chi connectivity index (χ2v) is 4.79. The van der Waals surface area contributed by atoms with Crippen molar-refractivity contribution in [3.05, 3.63) is 27.9 Å². The number of aliphatic hydroxyl groups is 1. The van der Waals surface area contributed by atoms with E-state index in [4.69, 9.17) is 10.4 Å². The lowest BCUT2D eigenvalue weighted by Gasteiger charge is -2.15. The summed E-state index contributed by atoms with van der Waals surface area (Å²) in [5.41, 5.74) is 0.0536. The van der Waals surface area contributed by atoms with Gasteiger partial charge in [0.05, 0.1) is 4.92 Å². The Balaban J connectivity index is 2.08. The molecule has 0 unspecified atom stereocenters. The van der Waals surface area contributed by atoms with Crippen LogP contribution in [0.1, 0.15) is 24.8 Å². The molecule has 1 aromatic heterocycles. The lowest BCUT2D eigenvalue weighted by molar-refractivity contribution is -0.385. The summed E-state index contributed by atoms with van der Waals surface area (Å²) in [5, 5.41) is 31.6. The van der Waals surface area contributed by atoms with Crippen LogP contribution in [0.3, 0.4) is 0 Å². The predicted molar refractivity (Wildman–Crippen MR) is 67.5 cm³/mol. The summed E-state index contributed by atoms with van der Waals surface area (Å²) < 4.78 is 0. The Morgan fingerprint density at radius 3 is 2.89 bits per heavy atom. The van der Waals surface area contributed by atoms with Gasteiger partial charge in [0, 0.05) is 19.2 Å². The number of nitriles is 1. The number of nitrogens with one attached hydrogen (secondary N) is 1. The molecule has 1 aliphatic rings. The maximum absolute atomic E-state index is 10.6. The van der Waals surface area contributed by atoms with Crippen LogP contribution < -0.4 is 5.32 Å². The number of aromatic nitrogens is 1. The summed E-state index contributed by atoms with van der Waals surface area (Å²) in [6.07, 6.45) is 3.93. The SMILES string of the molecule is N#Cc1cc([N+](=O)[O-])cnc1NCC1(CCO)CC1. The van der Waals surface area contributed by atoms with E-state index in [1.807, 2.05) is 6.07 Å². The van der Waals surface area contributed by atoms with E-state index in [1.54, 1.807) is 0 Å². The fourth-order valence-corrected chi connectivity index (χ4v) is 1.98. The molecule has 0 atom stereocenters. The molecule has 7 heteroatoms. The standard InChI is InChI=1S/C12H14N4O3/c13-6-9-5-10(16(18)19)7-14-11(9)15-8-12(1-2-12)3-4-17/h5,7,17H,1-4,8H2,(H,14,15). The van der Waals surface area contributed by atoms with Gasteiger partial charge in [0.2, 0.25) is 0 Å². The van der Waals surface area contributed by atoms with E-state index in [-0.39, 0.29) is 23.3 Å². The molecule has 100 valence electrons. The van der Waals surface area contributed by atoms with Crippen molar-refractivity contribution in [2.24, 2.45) is 5.41 Å². The fourth-order valence-electron chi connectivity index (χ4n) is 1.98. The first-order valence-electron chi connectivity index (χ1n) is 5.99. The maximum Gasteiger partial charge on any atom is 0.289 e. The summed E-state index contributed by atoms with van der Waals surface area (Å²) >= 11 is 0. The quantitative estimate of drug-likeness (QED) is 0.592. The monoisotopic (exact) mass is 262 g/mol. The lowest BCUT2D eigenvalue weighted by atomic mass is 10.0. The van der Waals surface area contributed by atoms with Gasteiger partial charge in [-0.2, -0.15) is 5.26 Å². The van der Waals surface area contributed by atoms with Crippen LogP contribution >= 0.6 is 0 Å². The lowest BCUT2D eigenvalue weighted by Crippen LogP contribution is -2.18. The largest absolute Gasteiger partial charge is 0.396 e. The molecule has 7 nitrogen and oxygen atoms in total. The van der Waals surface area contributed by atoms with Gasteiger partial charge in [-0.25, -0.2) is 4.98 Å². The Bertz CT molecular complexity index is 534. The summed E-state index contributed by atoms with van der Waals surface area (Å²) in [5.74, 6) is 0.359. The van der Waals surface area contributed by atoms with Crippen molar-refractivity contribution < 1.29 is 10.0 Å². The zero-order chi connectivity index (χ0) is 13.9. The zero-order valence-electron chi connectivity index (χ0n) is 10.3. The van der Waals surface area contributed by atoms with Crippen molar-refractivity contribution >= 4 is 11.5 Å². The van der Waals surface area contributed by atoms with Gasteiger partial charge in [0.15, 0.2) is 0 Å². The Kier molecular flexibility index (Phi) is 3.62. The molecule has 1 fully saturated rings. The molecule has 0 spiro atoms. The van der Waals surface area contributed by atoms with Crippen molar-refractivity contribution in [3.8, 4) is 6.07 Å². The van der Waals surface area contributed by atoms with Gasteiger partial charge >= 0.3 is 0 Å². The third-order valence-electron chi connectivity index (χ3n) is 3.43. The number of rotatable bonds is 6. The Hall–Kier alpha value is -2.20. The van der Waals surface area contributed by atoms with Crippen LogP contribution in [-0.2, 0) is 0 Å². The van der Waals surface area contributed by atoms with E-state index in [9.17, 15) is 10.1 Å². The highest BCUT2D eigenvalue weighted by molar-refractivity contribution is 5.55. The zero-order valence-corrected chi connectivity index (χ0v) is 10.3. The van der Waals surface area contributed by atoms with E-state index in [0.29, 0.717) is 12.4 Å². The molecular formula is C12H14N4O3. The number of nitro groups is 1. The molecule has 0 aliphatic heterocycles. The number of nitrogens with zero attached hydrogens (tertiary/aromatic N) is 3. The van der Waals surface area contributed by atoms with Crippen molar-refractivity contribution in [3.63, 3.8) is 0 Å². The molecule has 1 aliphatic carbocycles. The molecule has 2 rings (SSSR count). The highest BCUT2D eigenvalue weighted by Gasteiger charge is 2.41. The van der Waals surface area contributed by atoms with Crippen LogP contribution in [0, 0.1) is 26.9 Å². The Labute approximate surface area is 110 Å². The van der Waals surface area contributed by atoms with Crippen molar-refractivity contribution in [1.82, 2.24) is 4.98 Å². The van der Waals surface area contributed by atoms with Gasteiger partial charge in [-0.1, -0.05) is 0 Å². The second kappa shape index (κ2) is 5.20. The average molecular weight is 262 g/mol. The first-order chi connectivity index (χ1) is 9.10. The predicted octanol–water partition coefficient (Wildman–Crippen LogP) is 1.44. The highest BCUT2D eigenvalue weighted by atomic mass is 16.6. The summed E-state index contributed by atoms with van der Waals surface area (Å²) in [7, 11) is 0. The molecule has 2 N–H and O–H groups in total. The van der Waals surface area contributed by atoms with Crippen molar-refractivity contribution in [1.29, 1.82) is 5.26 Å². The number of hydrogen-bond acceptors (Lipinski definition) is 6. The minimum Gasteiger partial charge on any atom is -0.396 e. The van der Waals surface area contributed by atoms with Gasteiger partial charge in [-0.3, -0.25) is 10.1 Å². The van der Waals surface area contributed by atoms with Crippen LogP contribution in [-0.4, -0.2) is 28.2 Å². The minimum absolute atomic E-state index is 0.0882. The van der Waals surface area contributed by atoms with E-state index >= 15 is 0 Å². The van der Waals surface area contributed by atoms with Gasteiger partial charge in [-0.15, -0.1) is 0 Å². The molecule has 19 heavy (non-hydrogen) atoms. The number of aliphatic hydroxyl groups excluding tert-OH is 1. The summed E-state index contributed by atoms with van der Waals surface area (Å²) in [6, 6.07) is 3.11. The number of hydrogen-bond donors (Lipinski definition) is 2. The van der Waals surface area contributed by atoms with Crippen molar-refractivity contribution in [2.75, 3.05) is 18.5 Å².